The normalized spacial score (nSPS) is 34.3. The lowest BCUT2D eigenvalue weighted by molar-refractivity contribution is -0.113. The fraction of sp³-hybridized carbons (Fsp3) is 0.667. The molecule has 0 aromatic heterocycles. The number of allylic oxidation sites excluding steroid dienone is 4. The van der Waals surface area contributed by atoms with Crippen molar-refractivity contribution in [3.63, 3.8) is 0 Å². The first-order chi connectivity index (χ1) is 9.54. The van der Waals surface area contributed by atoms with Gasteiger partial charge in [0, 0.05) is 0 Å². The van der Waals surface area contributed by atoms with Crippen molar-refractivity contribution in [1.82, 2.24) is 0 Å². The molecule has 4 atom stereocenters. The number of carbonyl (C=O) groups excluding carboxylic acids is 2. The molecule has 0 aliphatic heterocycles. The van der Waals surface area contributed by atoms with E-state index >= 15 is 0 Å². The summed E-state index contributed by atoms with van der Waals surface area (Å²) in [6.07, 6.45) is 15.2. The van der Waals surface area contributed by atoms with Crippen molar-refractivity contribution in [2.45, 2.75) is 52.4 Å². The van der Waals surface area contributed by atoms with E-state index in [-0.39, 0.29) is 11.6 Å². The Kier molecular flexibility index (Phi) is 5.33. The van der Waals surface area contributed by atoms with E-state index in [0.29, 0.717) is 11.8 Å². The molecule has 0 bridgehead atoms. The van der Waals surface area contributed by atoms with Crippen LogP contribution in [0.4, 0.5) is 0 Å². The molecule has 2 aliphatic carbocycles. The lowest BCUT2D eigenvalue weighted by Gasteiger charge is -2.41. The van der Waals surface area contributed by atoms with E-state index in [1.165, 1.54) is 38.5 Å². The largest absolute Gasteiger partial charge is 0.295 e. The molecule has 110 valence electrons. The molecule has 0 amide bonds. The predicted molar refractivity (Wildman–Crippen MR) is 81.3 cm³/mol. The van der Waals surface area contributed by atoms with E-state index < -0.39 is 0 Å². The first-order valence-corrected chi connectivity index (χ1v) is 7.92. The molecule has 0 aromatic carbocycles. The highest BCUT2D eigenvalue weighted by molar-refractivity contribution is 5.87. The van der Waals surface area contributed by atoms with Gasteiger partial charge in [-0.15, -0.1) is 0 Å². The summed E-state index contributed by atoms with van der Waals surface area (Å²) in [5.74, 6) is 3.17. The summed E-state index contributed by atoms with van der Waals surface area (Å²) in [6, 6.07) is 0. The molecule has 0 spiro atoms. The minimum absolute atomic E-state index is 0.158. The molecule has 2 rings (SSSR count). The third-order valence-electron chi connectivity index (χ3n) is 4.90. The topological polar surface area (TPSA) is 34.1 Å². The van der Waals surface area contributed by atoms with Crippen LogP contribution in [0.1, 0.15) is 52.4 Å². The van der Waals surface area contributed by atoms with Crippen LogP contribution in [0.3, 0.4) is 0 Å². The van der Waals surface area contributed by atoms with Crippen molar-refractivity contribution in [3.05, 3.63) is 24.3 Å². The fourth-order valence-electron chi connectivity index (χ4n) is 3.85. The molecule has 4 unspecified atom stereocenters. The van der Waals surface area contributed by atoms with Crippen LogP contribution >= 0.6 is 0 Å². The summed E-state index contributed by atoms with van der Waals surface area (Å²) in [7, 11) is 0. The van der Waals surface area contributed by atoms with Gasteiger partial charge in [-0.1, -0.05) is 12.2 Å². The molecular weight excluding hydrogens is 248 g/mol. The van der Waals surface area contributed by atoms with Gasteiger partial charge in [-0.3, -0.25) is 9.59 Å². The third-order valence-corrected chi connectivity index (χ3v) is 4.90. The van der Waals surface area contributed by atoms with Crippen LogP contribution in [0.2, 0.25) is 0 Å². The highest BCUT2D eigenvalue weighted by Gasteiger charge is 2.34. The van der Waals surface area contributed by atoms with E-state index in [0.717, 1.165) is 11.8 Å². The molecule has 0 heterocycles. The van der Waals surface area contributed by atoms with Gasteiger partial charge < -0.3 is 0 Å². The number of fused-ring (bicyclic) bond motifs is 1. The predicted octanol–water partition coefficient (Wildman–Crippen LogP) is 4.11. The van der Waals surface area contributed by atoms with Gasteiger partial charge in [0.25, 0.3) is 0 Å². The fourth-order valence-corrected chi connectivity index (χ4v) is 3.85. The summed E-state index contributed by atoms with van der Waals surface area (Å²) in [4.78, 5) is 22.0. The smallest absolute Gasteiger partial charge is 0.152 e. The zero-order valence-electron chi connectivity index (χ0n) is 12.7. The maximum absolute atomic E-state index is 11.0. The number of carbonyl (C=O) groups is 2. The lowest BCUT2D eigenvalue weighted by Crippen LogP contribution is -2.30. The van der Waals surface area contributed by atoms with Gasteiger partial charge in [-0.2, -0.15) is 0 Å². The van der Waals surface area contributed by atoms with Crippen molar-refractivity contribution < 1.29 is 9.59 Å². The third kappa shape index (κ3) is 4.43. The van der Waals surface area contributed by atoms with Gasteiger partial charge in [0.2, 0.25) is 0 Å². The Morgan fingerprint density at radius 1 is 0.750 bits per heavy atom. The van der Waals surface area contributed by atoms with Crippen molar-refractivity contribution in [2.24, 2.45) is 23.7 Å². The van der Waals surface area contributed by atoms with Crippen LogP contribution in [0, 0.1) is 23.7 Å². The molecule has 2 nitrogen and oxygen atoms in total. The second-order valence-electron chi connectivity index (χ2n) is 6.61. The Morgan fingerprint density at radius 2 is 1.15 bits per heavy atom. The monoisotopic (exact) mass is 274 g/mol. The van der Waals surface area contributed by atoms with Gasteiger partial charge >= 0.3 is 0 Å². The van der Waals surface area contributed by atoms with Crippen molar-refractivity contribution >= 4 is 11.6 Å². The van der Waals surface area contributed by atoms with Crippen molar-refractivity contribution in [2.75, 3.05) is 0 Å². The highest BCUT2D eigenvalue weighted by atomic mass is 16.1. The minimum atomic E-state index is 0.158. The Morgan fingerprint density at radius 3 is 1.50 bits per heavy atom. The second kappa shape index (κ2) is 7.01. The van der Waals surface area contributed by atoms with Crippen LogP contribution < -0.4 is 0 Å². The SMILES string of the molecule is CC(=O)/C=C/C1CCC2CC(/C=C/C(C)=O)CCC2C1. The van der Waals surface area contributed by atoms with Gasteiger partial charge in [0.1, 0.15) is 0 Å². The van der Waals surface area contributed by atoms with Gasteiger partial charge in [0.05, 0.1) is 0 Å². The van der Waals surface area contributed by atoms with Crippen LogP contribution in [-0.2, 0) is 9.59 Å². The molecule has 0 radical (unpaired) electrons. The summed E-state index contributed by atoms with van der Waals surface area (Å²) in [6.45, 7) is 3.24. The summed E-state index contributed by atoms with van der Waals surface area (Å²) in [5.41, 5.74) is 0. The maximum atomic E-state index is 11.0. The molecule has 20 heavy (non-hydrogen) atoms. The van der Waals surface area contributed by atoms with E-state index in [4.69, 9.17) is 0 Å². The van der Waals surface area contributed by atoms with Crippen molar-refractivity contribution in [3.8, 4) is 0 Å². The average Bonchev–Trinajstić information content (AvgIpc) is 2.42. The summed E-state index contributed by atoms with van der Waals surface area (Å²) >= 11 is 0. The van der Waals surface area contributed by atoms with Gasteiger partial charge in [-0.25, -0.2) is 0 Å². The average molecular weight is 274 g/mol. The zero-order valence-corrected chi connectivity index (χ0v) is 12.7. The first kappa shape index (κ1) is 15.2. The summed E-state index contributed by atoms with van der Waals surface area (Å²) < 4.78 is 0. The molecule has 2 fully saturated rings. The number of rotatable bonds is 4. The maximum Gasteiger partial charge on any atom is 0.152 e. The Balaban J connectivity index is 1.86. The molecule has 0 aromatic rings. The Labute approximate surface area is 122 Å². The van der Waals surface area contributed by atoms with Crippen LogP contribution in [0.25, 0.3) is 0 Å². The molecule has 0 N–H and O–H groups in total. The van der Waals surface area contributed by atoms with Crippen molar-refractivity contribution in [1.29, 1.82) is 0 Å². The highest BCUT2D eigenvalue weighted by Crippen LogP contribution is 2.45. The zero-order chi connectivity index (χ0) is 14.5. The summed E-state index contributed by atoms with van der Waals surface area (Å²) in [5, 5.41) is 0. The quantitative estimate of drug-likeness (QED) is 0.723. The van der Waals surface area contributed by atoms with E-state index in [2.05, 4.69) is 12.2 Å². The number of hydrogen-bond donors (Lipinski definition) is 0. The van der Waals surface area contributed by atoms with E-state index in [1.54, 1.807) is 26.0 Å². The van der Waals surface area contributed by atoms with Crippen LogP contribution in [-0.4, -0.2) is 11.6 Å². The Bertz CT molecular complexity index is 379. The first-order valence-electron chi connectivity index (χ1n) is 7.92. The van der Waals surface area contributed by atoms with E-state index in [9.17, 15) is 9.59 Å². The molecule has 2 saturated carbocycles. The minimum Gasteiger partial charge on any atom is -0.295 e. The standard InChI is InChI=1S/C18H26O2/c1-13(19)3-5-15-7-9-18-12-16(6-4-14(2)20)8-10-17(18)11-15/h3-6,15-18H,7-12H2,1-2H3/b5-3+,6-4+. The molecule has 2 aliphatic rings. The number of ketones is 2. The van der Waals surface area contributed by atoms with E-state index in [1.807, 2.05) is 0 Å². The Hall–Kier alpha value is -1.18. The second-order valence-corrected chi connectivity index (χ2v) is 6.61. The molecular formula is C18H26O2. The van der Waals surface area contributed by atoms with Crippen LogP contribution in [0.5, 0.6) is 0 Å². The van der Waals surface area contributed by atoms with Gasteiger partial charge in [-0.05, 0) is 88.2 Å². The lowest BCUT2D eigenvalue weighted by atomic mass is 9.65. The molecule has 0 saturated heterocycles. The van der Waals surface area contributed by atoms with Crippen LogP contribution in [0.15, 0.2) is 24.3 Å². The van der Waals surface area contributed by atoms with Gasteiger partial charge in [0.15, 0.2) is 11.6 Å². The molecule has 2 heteroatoms. The number of hydrogen-bond acceptors (Lipinski definition) is 2.